The lowest BCUT2D eigenvalue weighted by Gasteiger charge is -2.20. The Morgan fingerprint density at radius 2 is 1.06 bits per heavy atom. The van der Waals surface area contributed by atoms with Crippen LogP contribution < -0.4 is 5.73 Å². The summed E-state index contributed by atoms with van der Waals surface area (Å²) in [5, 5.41) is 0. The standard InChI is InChI=1S/C44H84NO7P/c1-3-5-7-9-11-13-15-17-18-19-20-21-22-23-24-26-28-30-32-34-36-39-49-41-43(42-51-53(47,48)50-40-38-45)52-44(46)37-35-33-31-29-27-25-16-14-12-10-8-6-4-2/h6,8,12,14,25,27,43H,3-5,7,9-11,13,15-24,26,28-42,45H2,1-2H3,(H,47,48)/b8-6-,14-12-,27-25-. The lowest BCUT2D eigenvalue weighted by atomic mass is 10.0. The number of hydrogen-bond acceptors (Lipinski definition) is 7. The number of esters is 1. The van der Waals surface area contributed by atoms with Crippen LogP contribution >= 0.6 is 7.82 Å². The van der Waals surface area contributed by atoms with Crippen LogP contribution in [-0.2, 0) is 27.9 Å². The Morgan fingerprint density at radius 3 is 1.57 bits per heavy atom. The van der Waals surface area contributed by atoms with E-state index >= 15 is 0 Å². The van der Waals surface area contributed by atoms with E-state index in [1.54, 1.807) is 0 Å². The summed E-state index contributed by atoms with van der Waals surface area (Å²) >= 11 is 0. The first-order chi connectivity index (χ1) is 25.9. The summed E-state index contributed by atoms with van der Waals surface area (Å²) in [5.74, 6) is -0.357. The largest absolute Gasteiger partial charge is 0.472 e. The topological polar surface area (TPSA) is 117 Å². The van der Waals surface area contributed by atoms with Gasteiger partial charge in [0.2, 0.25) is 0 Å². The van der Waals surface area contributed by atoms with Crippen LogP contribution in [0.25, 0.3) is 0 Å². The Morgan fingerprint density at radius 1 is 0.585 bits per heavy atom. The van der Waals surface area contributed by atoms with Crippen molar-refractivity contribution in [1.29, 1.82) is 0 Å². The molecule has 0 heterocycles. The highest BCUT2D eigenvalue weighted by molar-refractivity contribution is 7.47. The van der Waals surface area contributed by atoms with Crippen LogP contribution in [-0.4, -0.2) is 49.9 Å². The first-order valence-electron chi connectivity index (χ1n) is 22.0. The molecule has 53 heavy (non-hydrogen) atoms. The second kappa shape index (κ2) is 41.9. The van der Waals surface area contributed by atoms with Crippen LogP contribution in [0.2, 0.25) is 0 Å². The van der Waals surface area contributed by atoms with E-state index in [4.69, 9.17) is 24.3 Å². The fraction of sp³-hybridized carbons (Fsp3) is 0.841. The fourth-order valence-electron chi connectivity index (χ4n) is 6.13. The molecule has 0 aliphatic heterocycles. The van der Waals surface area contributed by atoms with Crippen molar-refractivity contribution < 1.29 is 32.8 Å². The average molecular weight is 770 g/mol. The Kier molecular flexibility index (Phi) is 40.9. The molecule has 0 aromatic rings. The van der Waals surface area contributed by atoms with Crippen molar-refractivity contribution in [3.63, 3.8) is 0 Å². The minimum atomic E-state index is -4.28. The molecule has 0 spiro atoms. The summed E-state index contributed by atoms with van der Waals surface area (Å²) in [6.45, 7) is 4.79. The van der Waals surface area contributed by atoms with E-state index in [1.807, 2.05) is 0 Å². The number of unbranched alkanes of at least 4 members (excludes halogenated alkanes) is 23. The Hall–Kier alpha value is -1.28. The normalized spacial score (nSPS) is 13.8. The zero-order valence-corrected chi connectivity index (χ0v) is 35.4. The van der Waals surface area contributed by atoms with Gasteiger partial charge in [-0.25, -0.2) is 4.57 Å². The van der Waals surface area contributed by atoms with Crippen molar-refractivity contribution in [3.8, 4) is 0 Å². The van der Waals surface area contributed by atoms with Crippen LogP contribution in [0.1, 0.15) is 200 Å². The number of carbonyl (C=O) groups excluding carboxylic acids is 1. The Labute approximate surface area is 327 Å². The van der Waals surface area contributed by atoms with Crippen molar-refractivity contribution in [2.24, 2.45) is 5.73 Å². The maximum Gasteiger partial charge on any atom is 0.472 e. The van der Waals surface area contributed by atoms with Gasteiger partial charge in [-0.05, 0) is 44.9 Å². The molecule has 0 fully saturated rings. The SMILES string of the molecule is CC/C=C\C/C=C\C/C=C\CCCCCC(=O)OC(COCCCCCCCCCCCCCCCCCCCCCCC)COP(=O)(O)OCCN. The van der Waals surface area contributed by atoms with Gasteiger partial charge < -0.3 is 20.1 Å². The number of hydrogen-bond donors (Lipinski definition) is 2. The van der Waals surface area contributed by atoms with Crippen molar-refractivity contribution in [3.05, 3.63) is 36.5 Å². The third-order valence-corrected chi connectivity index (χ3v) is 10.3. The number of phosphoric ester groups is 1. The molecule has 0 aliphatic rings. The van der Waals surface area contributed by atoms with Gasteiger partial charge in [0.1, 0.15) is 6.10 Å². The van der Waals surface area contributed by atoms with Gasteiger partial charge >= 0.3 is 13.8 Å². The third-order valence-electron chi connectivity index (χ3n) is 9.32. The fourth-order valence-corrected chi connectivity index (χ4v) is 6.89. The molecule has 0 aromatic heterocycles. The highest BCUT2D eigenvalue weighted by atomic mass is 31.2. The van der Waals surface area contributed by atoms with Crippen LogP contribution in [0.4, 0.5) is 0 Å². The molecule has 0 saturated carbocycles. The molecule has 0 radical (unpaired) electrons. The van der Waals surface area contributed by atoms with Gasteiger partial charge in [-0.3, -0.25) is 13.8 Å². The number of ether oxygens (including phenoxy) is 2. The van der Waals surface area contributed by atoms with Crippen molar-refractivity contribution in [2.45, 2.75) is 206 Å². The van der Waals surface area contributed by atoms with E-state index in [1.165, 1.54) is 122 Å². The smallest absolute Gasteiger partial charge is 0.457 e. The third kappa shape index (κ3) is 41.7. The summed E-state index contributed by atoms with van der Waals surface area (Å²) in [4.78, 5) is 22.4. The number of rotatable bonds is 42. The number of nitrogens with two attached hydrogens (primary N) is 1. The maximum atomic E-state index is 12.5. The van der Waals surface area contributed by atoms with E-state index in [0.717, 1.165) is 57.8 Å². The summed E-state index contributed by atoms with van der Waals surface area (Å²) in [6, 6.07) is 0. The first kappa shape index (κ1) is 51.7. The molecule has 0 aliphatic carbocycles. The van der Waals surface area contributed by atoms with E-state index in [9.17, 15) is 14.3 Å². The predicted octanol–water partition coefficient (Wildman–Crippen LogP) is 13.0. The number of allylic oxidation sites excluding steroid dienone is 6. The molecule has 0 rings (SSSR count). The predicted molar refractivity (Wildman–Crippen MR) is 224 cm³/mol. The molecule has 0 aromatic carbocycles. The van der Waals surface area contributed by atoms with E-state index in [2.05, 4.69) is 50.3 Å². The van der Waals surface area contributed by atoms with Gasteiger partial charge in [0.05, 0.1) is 19.8 Å². The summed E-state index contributed by atoms with van der Waals surface area (Å²) in [5.41, 5.74) is 5.36. The molecular formula is C44H84NO7P. The monoisotopic (exact) mass is 770 g/mol. The quantitative estimate of drug-likeness (QED) is 0.0273. The lowest BCUT2D eigenvalue weighted by molar-refractivity contribution is -0.154. The summed E-state index contributed by atoms with van der Waals surface area (Å²) < 4.78 is 33.4. The molecule has 2 atom stereocenters. The molecule has 9 heteroatoms. The van der Waals surface area contributed by atoms with E-state index in [-0.39, 0.29) is 38.8 Å². The van der Waals surface area contributed by atoms with Gasteiger partial charge in [0, 0.05) is 19.6 Å². The van der Waals surface area contributed by atoms with Crippen LogP contribution in [0.15, 0.2) is 36.5 Å². The molecule has 2 unspecified atom stereocenters. The highest BCUT2D eigenvalue weighted by Gasteiger charge is 2.25. The summed E-state index contributed by atoms with van der Waals surface area (Å²) in [7, 11) is -4.28. The Balaban J connectivity index is 3.97. The van der Waals surface area contributed by atoms with E-state index in [0.29, 0.717) is 6.61 Å². The molecule has 312 valence electrons. The minimum absolute atomic E-state index is 0.0960. The van der Waals surface area contributed by atoms with Crippen LogP contribution in [0.5, 0.6) is 0 Å². The average Bonchev–Trinajstić information content (AvgIpc) is 3.15. The molecule has 0 saturated heterocycles. The molecular weight excluding hydrogens is 685 g/mol. The van der Waals surface area contributed by atoms with Crippen LogP contribution in [0.3, 0.4) is 0 Å². The number of carbonyl (C=O) groups is 1. The van der Waals surface area contributed by atoms with Gasteiger partial charge in [0.25, 0.3) is 0 Å². The Bertz CT molecular complexity index is 910. The van der Waals surface area contributed by atoms with Crippen molar-refractivity contribution in [1.82, 2.24) is 0 Å². The van der Waals surface area contributed by atoms with Gasteiger partial charge in [-0.1, -0.05) is 185 Å². The van der Waals surface area contributed by atoms with Crippen molar-refractivity contribution >= 4 is 13.8 Å². The van der Waals surface area contributed by atoms with Gasteiger partial charge in [0.15, 0.2) is 0 Å². The molecule has 0 bridgehead atoms. The zero-order valence-electron chi connectivity index (χ0n) is 34.5. The lowest BCUT2D eigenvalue weighted by Crippen LogP contribution is -2.28. The second-order valence-corrected chi connectivity index (χ2v) is 16.0. The molecule has 8 nitrogen and oxygen atoms in total. The first-order valence-corrected chi connectivity index (χ1v) is 23.5. The van der Waals surface area contributed by atoms with Crippen molar-refractivity contribution in [2.75, 3.05) is 33.0 Å². The second-order valence-electron chi connectivity index (χ2n) is 14.5. The molecule has 3 N–H and O–H groups in total. The van der Waals surface area contributed by atoms with Gasteiger partial charge in [-0.15, -0.1) is 0 Å². The minimum Gasteiger partial charge on any atom is -0.457 e. The summed E-state index contributed by atoms with van der Waals surface area (Å²) in [6.07, 6.45) is 47.5. The van der Waals surface area contributed by atoms with Gasteiger partial charge in [-0.2, -0.15) is 0 Å². The number of phosphoric acid groups is 1. The maximum absolute atomic E-state index is 12.5. The van der Waals surface area contributed by atoms with Crippen LogP contribution in [0, 0.1) is 0 Å². The zero-order chi connectivity index (χ0) is 38.8. The molecule has 0 amide bonds. The highest BCUT2D eigenvalue weighted by Crippen LogP contribution is 2.43. The van der Waals surface area contributed by atoms with E-state index < -0.39 is 13.9 Å².